The summed E-state index contributed by atoms with van der Waals surface area (Å²) in [4.78, 5) is 12.7. The summed E-state index contributed by atoms with van der Waals surface area (Å²) < 4.78 is 213. The van der Waals surface area contributed by atoms with Crippen LogP contribution in [0.15, 0.2) is 36.4 Å². The lowest BCUT2D eigenvalue weighted by Crippen LogP contribution is -2.16. The molecule has 0 atom stereocenters. The molecule has 0 radical (unpaired) electrons. The molecule has 5 heterocycles. The topological polar surface area (TPSA) is 63.5 Å². The van der Waals surface area contributed by atoms with E-state index in [4.69, 9.17) is 0 Å². The largest absolute Gasteiger partial charge is 0.373 e. The number of anilines is 1. The van der Waals surface area contributed by atoms with Crippen LogP contribution in [0.3, 0.4) is 0 Å². The van der Waals surface area contributed by atoms with Crippen molar-refractivity contribution in [3.63, 3.8) is 0 Å². The van der Waals surface area contributed by atoms with E-state index in [-0.39, 0.29) is 16.7 Å². The van der Waals surface area contributed by atoms with E-state index in [2.05, 4.69) is 19.9 Å². The molecular weight excluding hydrogens is 804 g/mol. The Morgan fingerprint density at radius 1 is 0.328 bits per heavy atom. The second kappa shape index (κ2) is 13.4. The Morgan fingerprint density at radius 2 is 0.603 bits per heavy atom. The van der Waals surface area contributed by atoms with Crippen LogP contribution in [0, 0.1) is 81.4 Å². The molecule has 3 aromatic carbocycles. The molecule has 0 unspecified atom stereocenters. The van der Waals surface area contributed by atoms with E-state index in [1.807, 2.05) is 0 Å². The van der Waals surface area contributed by atoms with E-state index in [1.165, 1.54) is 12.1 Å². The lowest BCUT2D eigenvalue weighted by Gasteiger charge is -2.18. The van der Waals surface area contributed by atoms with Crippen molar-refractivity contribution in [2.45, 2.75) is 0 Å². The SMILES string of the molecule is CN(C)c1c(F)c(F)c(-c2c3ccc([nH]3)c3nc(c(-c4c(F)c(F)c(F)c(F)c4F)c4ccc([nH]4)c(-c4c(F)c(F)c(F)c(F)c4F)c4ccc2[nH]4)C=C3)c(F)c1F. The third-order valence-corrected chi connectivity index (χ3v) is 9.43. The van der Waals surface area contributed by atoms with Crippen molar-refractivity contribution in [3.05, 3.63) is 129 Å². The number of benzene rings is 3. The average Bonchev–Trinajstić information content (AvgIpc) is 4.04. The summed E-state index contributed by atoms with van der Waals surface area (Å²) in [6.07, 6.45) is 2.23. The molecule has 7 aromatic rings. The van der Waals surface area contributed by atoms with Crippen LogP contribution in [0.2, 0.25) is 0 Å². The average molecular weight is 822 g/mol. The molecule has 0 amide bonds. The van der Waals surface area contributed by atoms with Gasteiger partial charge in [0, 0.05) is 58.4 Å². The van der Waals surface area contributed by atoms with Gasteiger partial charge in [-0.1, -0.05) is 0 Å². The predicted octanol–water partition coefficient (Wildman–Crippen LogP) is 11.7. The van der Waals surface area contributed by atoms with Crippen molar-refractivity contribution < 1.29 is 61.5 Å². The summed E-state index contributed by atoms with van der Waals surface area (Å²) in [5.41, 5.74) is -11.4. The van der Waals surface area contributed by atoms with Gasteiger partial charge in [0.2, 0.25) is 11.6 Å². The predicted molar refractivity (Wildman–Crippen MR) is 185 cm³/mol. The van der Waals surface area contributed by atoms with E-state index < -0.39 is 148 Å². The number of rotatable bonds is 4. The Bertz CT molecular complexity index is 3020. The van der Waals surface area contributed by atoms with E-state index in [1.54, 1.807) is 0 Å². The molecule has 5 nitrogen and oxygen atoms in total. The highest BCUT2D eigenvalue weighted by Crippen LogP contribution is 2.43. The summed E-state index contributed by atoms with van der Waals surface area (Å²) in [6, 6.07) is 6.06. The molecule has 3 N–H and O–H groups in total. The van der Waals surface area contributed by atoms with Gasteiger partial charge in [0.05, 0.1) is 33.6 Å². The van der Waals surface area contributed by atoms with Gasteiger partial charge >= 0.3 is 0 Å². The van der Waals surface area contributed by atoms with Crippen LogP contribution in [0.4, 0.5) is 67.2 Å². The summed E-state index contributed by atoms with van der Waals surface area (Å²) in [5.74, 6) is -31.7. The number of hydrogen-bond donors (Lipinski definition) is 3. The fourth-order valence-corrected chi connectivity index (χ4v) is 6.83. The molecule has 1 aliphatic rings. The van der Waals surface area contributed by atoms with Crippen molar-refractivity contribution in [3.8, 4) is 33.4 Å². The first-order chi connectivity index (χ1) is 27.4. The highest BCUT2D eigenvalue weighted by atomic mass is 19.2. The zero-order valence-corrected chi connectivity index (χ0v) is 28.8. The Balaban J connectivity index is 1.64. The van der Waals surface area contributed by atoms with Crippen LogP contribution in [0.5, 0.6) is 0 Å². The fourth-order valence-electron chi connectivity index (χ4n) is 6.83. The summed E-state index contributed by atoms with van der Waals surface area (Å²) >= 11 is 0. The third-order valence-electron chi connectivity index (χ3n) is 9.43. The monoisotopic (exact) mass is 821 g/mol. The number of aromatic nitrogens is 4. The van der Waals surface area contributed by atoms with E-state index in [0.29, 0.717) is 0 Å². The van der Waals surface area contributed by atoms with Crippen molar-refractivity contribution in [1.82, 2.24) is 19.9 Å². The van der Waals surface area contributed by atoms with Crippen LogP contribution in [0.25, 0.3) is 78.6 Å². The Morgan fingerprint density at radius 3 is 0.983 bits per heavy atom. The van der Waals surface area contributed by atoms with E-state index >= 15 is 35.1 Å². The van der Waals surface area contributed by atoms with Crippen molar-refractivity contribution in [1.29, 1.82) is 0 Å². The minimum atomic E-state index is -2.56. The number of hydrogen-bond acceptors (Lipinski definition) is 2. The molecule has 0 saturated heterocycles. The van der Waals surface area contributed by atoms with Crippen LogP contribution in [-0.4, -0.2) is 34.0 Å². The number of H-pyrrole nitrogens is 3. The number of nitrogens with one attached hydrogen (secondary N) is 3. The molecule has 0 aliphatic carbocycles. The molecule has 0 fully saturated rings. The maximum atomic E-state index is 16.0. The molecule has 8 rings (SSSR count). The number of halogens is 14. The zero-order valence-electron chi connectivity index (χ0n) is 28.8. The Labute approximate surface area is 313 Å². The third kappa shape index (κ3) is 5.42. The van der Waals surface area contributed by atoms with Gasteiger partial charge in [-0.15, -0.1) is 0 Å². The highest BCUT2D eigenvalue weighted by Gasteiger charge is 2.33. The van der Waals surface area contributed by atoms with Gasteiger partial charge in [-0.05, 0) is 48.6 Å². The maximum Gasteiger partial charge on any atom is 0.200 e. The number of nitrogens with zero attached hydrogens (tertiary/aromatic N) is 2. The first kappa shape index (κ1) is 38.1. The maximum absolute atomic E-state index is 16.0. The molecule has 4 aromatic heterocycles. The van der Waals surface area contributed by atoms with Crippen molar-refractivity contribution in [2.75, 3.05) is 19.0 Å². The normalized spacial score (nSPS) is 12.1. The van der Waals surface area contributed by atoms with Gasteiger partial charge in [0.15, 0.2) is 69.8 Å². The number of fused-ring (bicyclic) bond motifs is 9. The Kier molecular flexibility index (Phi) is 8.81. The van der Waals surface area contributed by atoms with Gasteiger partial charge in [0.1, 0.15) is 5.69 Å². The molecular formula is C39H17F14N5. The molecule has 58 heavy (non-hydrogen) atoms. The summed E-state index contributed by atoms with van der Waals surface area (Å²) in [6.45, 7) is 0. The van der Waals surface area contributed by atoms with Crippen molar-refractivity contribution in [2.24, 2.45) is 0 Å². The van der Waals surface area contributed by atoms with Gasteiger partial charge in [-0.2, -0.15) is 0 Å². The second-order valence-corrected chi connectivity index (χ2v) is 13.0. The standard InChI is InChI=1S/C39H17F14N5/c1-58(2)39-37(52)29(44)24(30(45)38(39)53)20-14-6-4-12(55-14)11-3-5-13(54-11)19(22-25(40)31(46)35(50)32(47)26(22)41)15-7-9-17(56-15)21(18-10-8-16(20)57-18)23-27(42)33(48)36(51)34(49)28(23)43/h3-10,55-57H,1-2H3. The van der Waals surface area contributed by atoms with Crippen LogP contribution in [0.1, 0.15) is 11.4 Å². The van der Waals surface area contributed by atoms with Crippen LogP contribution >= 0.6 is 0 Å². The first-order valence-electron chi connectivity index (χ1n) is 16.4. The lowest BCUT2D eigenvalue weighted by atomic mass is 10.0. The molecule has 296 valence electrons. The zero-order chi connectivity index (χ0) is 41.8. The molecule has 19 heteroatoms. The molecule has 0 saturated carbocycles. The number of aromatic amines is 3. The van der Waals surface area contributed by atoms with Gasteiger partial charge in [0.25, 0.3) is 0 Å². The lowest BCUT2D eigenvalue weighted by molar-refractivity contribution is 0.381. The fraction of sp³-hybridized carbons (Fsp3) is 0.0513. The summed E-state index contributed by atoms with van der Waals surface area (Å²) in [5, 5.41) is 0. The molecule has 8 bridgehead atoms. The molecule has 1 aliphatic heterocycles. The molecule has 0 spiro atoms. The Hall–Kier alpha value is -6.79. The smallest absolute Gasteiger partial charge is 0.200 e. The van der Waals surface area contributed by atoms with Gasteiger partial charge in [-0.25, -0.2) is 66.4 Å². The first-order valence-corrected chi connectivity index (χ1v) is 16.4. The van der Waals surface area contributed by atoms with Crippen LogP contribution in [-0.2, 0) is 0 Å². The van der Waals surface area contributed by atoms with E-state index in [0.717, 1.165) is 55.4 Å². The van der Waals surface area contributed by atoms with E-state index in [9.17, 15) is 26.3 Å². The minimum Gasteiger partial charge on any atom is -0.373 e. The van der Waals surface area contributed by atoms with Gasteiger partial charge in [-0.3, -0.25) is 0 Å². The second-order valence-electron chi connectivity index (χ2n) is 13.0. The summed E-state index contributed by atoms with van der Waals surface area (Å²) in [7, 11) is 2.20. The minimum absolute atomic E-state index is 0.0512. The quantitative estimate of drug-likeness (QED) is 0.0941. The van der Waals surface area contributed by atoms with Crippen LogP contribution < -0.4 is 4.90 Å². The van der Waals surface area contributed by atoms with Crippen molar-refractivity contribution >= 4 is 50.9 Å². The highest BCUT2D eigenvalue weighted by molar-refractivity contribution is 6.01. The van der Waals surface area contributed by atoms with Gasteiger partial charge < -0.3 is 19.9 Å².